The average molecular weight is 239 g/mol. The van der Waals surface area contributed by atoms with Gasteiger partial charge < -0.3 is 10.2 Å². The van der Waals surface area contributed by atoms with Gasteiger partial charge in [-0.25, -0.2) is 4.98 Å². The number of aliphatic hydroxyl groups excluding tert-OH is 1. The molecule has 2 saturated carbocycles. The third kappa shape index (κ3) is 1.31. The second kappa shape index (κ2) is 3.28. The zero-order valence-corrected chi connectivity index (χ0v) is 9.54. The molecule has 0 atom stereocenters. The highest BCUT2D eigenvalue weighted by molar-refractivity contribution is 7.10. The molecule has 0 radical (unpaired) electrons. The average Bonchev–Trinajstić information content (AvgIpc) is 2.91. The lowest BCUT2D eigenvalue weighted by atomic mass is 9.65. The van der Waals surface area contributed by atoms with Gasteiger partial charge >= 0.3 is 5.97 Å². The van der Waals surface area contributed by atoms with E-state index in [1.807, 2.05) is 0 Å². The lowest BCUT2D eigenvalue weighted by molar-refractivity contribution is -0.152. The first-order valence-corrected chi connectivity index (χ1v) is 6.37. The highest BCUT2D eigenvalue weighted by atomic mass is 32.1. The standard InChI is InChI=1S/C11H13NO3S/c13-7-3-11(4-7,10(14)15)9-8(6-1-2-6)12-5-16-9/h5-7,13H,1-4H2,(H,14,15). The van der Waals surface area contributed by atoms with Gasteiger partial charge in [-0.15, -0.1) is 11.3 Å². The minimum absolute atomic E-state index is 0.338. The summed E-state index contributed by atoms with van der Waals surface area (Å²) in [6.45, 7) is 0. The molecule has 0 aromatic carbocycles. The second-order valence-corrected chi connectivity index (χ2v) is 5.65. The van der Waals surface area contributed by atoms with Gasteiger partial charge in [0.1, 0.15) is 5.41 Å². The van der Waals surface area contributed by atoms with Crippen molar-refractivity contribution in [3.63, 3.8) is 0 Å². The molecule has 1 aromatic heterocycles. The van der Waals surface area contributed by atoms with Crippen LogP contribution in [0.15, 0.2) is 5.51 Å². The van der Waals surface area contributed by atoms with E-state index in [-0.39, 0.29) is 0 Å². The second-order valence-electron chi connectivity index (χ2n) is 4.79. The number of thiazole rings is 1. The zero-order chi connectivity index (χ0) is 11.3. The van der Waals surface area contributed by atoms with Gasteiger partial charge in [0.05, 0.1) is 17.3 Å². The SMILES string of the molecule is O=C(O)C1(c2scnc2C2CC2)CC(O)C1. The third-order valence-electron chi connectivity index (χ3n) is 3.57. The van der Waals surface area contributed by atoms with Crippen LogP contribution >= 0.6 is 11.3 Å². The Morgan fingerprint density at radius 2 is 2.19 bits per heavy atom. The fourth-order valence-corrected chi connectivity index (χ4v) is 3.55. The Bertz CT molecular complexity index is 432. The van der Waals surface area contributed by atoms with Gasteiger partial charge in [0.25, 0.3) is 0 Å². The van der Waals surface area contributed by atoms with Crippen molar-refractivity contribution < 1.29 is 15.0 Å². The molecule has 1 heterocycles. The van der Waals surface area contributed by atoms with E-state index in [9.17, 15) is 15.0 Å². The summed E-state index contributed by atoms with van der Waals surface area (Å²) in [4.78, 5) is 16.6. The molecule has 3 rings (SSSR count). The van der Waals surface area contributed by atoms with Crippen molar-refractivity contribution in [2.24, 2.45) is 0 Å². The highest BCUT2D eigenvalue weighted by Crippen LogP contribution is 2.51. The van der Waals surface area contributed by atoms with Gasteiger partial charge in [0, 0.05) is 10.8 Å². The molecule has 5 heteroatoms. The molecule has 86 valence electrons. The molecular formula is C11H13NO3S. The number of hydrogen-bond donors (Lipinski definition) is 2. The number of aliphatic hydroxyl groups is 1. The molecule has 4 nitrogen and oxygen atoms in total. The summed E-state index contributed by atoms with van der Waals surface area (Å²) < 4.78 is 0. The summed E-state index contributed by atoms with van der Waals surface area (Å²) in [7, 11) is 0. The quantitative estimate of drug-likeness (QED) is 0.838. The van der Waals surface area contributed by atoms with Gasteiger partial charge in [-0.2, -0.15) is 0 Å². The normalized spacial score (nSPS) is 33.4. The van der Waals surface area contributed by atoms with Gasteiger partial charge in [0.15, 0.2) is 0 Å². The van der Waals surface area contributed by atoms with Crippen molar-refractivity contribution in [2.45, 2.75) is 43.1 Å². The Balaban J connectivity index is 2.00. The van der Waals surface area contributed by atoms with Crippen molar-refractivity contribution in [1.29, 1.82) is 0 Å². The van der Waals surface area contributed by atoms with E-state index in [4.69, 9.17) is 0 Å². The van der Waals surface area contributed by atoms with Crippen LogP contribution < -0.4 is 0 Å². The molecule has 1 aromatic rings. The molecular weight excluding hydrogens is 226 g/mol. The van der Waals surface area contributed by atoms with Crippen LogP contribution in [-0.2, 0) is 10.2 Å². The van der Waals surface area contributed by atoms with Gasteiger partial charge in [-0.05, 0) is 25.7 Å². The first-order valence-electron chi connectivity index (χ1n) is 5.49. The summed E-state index contributed by atoms with van der Waals surface area (Å²) in [5.41, 5.74) is 1.86. The highest BCUT2D eigenvalue weighted by Gasteiger charge is 2.54. The monoisotopic (exact) mass is 239 g/mol. The molecule has 2 aliphatic rings. The van der Waals surface area contributed by atoms with E-state index < -0.39 is 17.5 Å². The minimum atomic E-state index is -0.849. The van der Waals surface area contributed by atoms with Crippen LogP contribution in [0.25, 0.3) is 0 Å². The predicted octanol–water partition coefficient (Wildman–Crippen LogP) is 1.50. The van der Waals surface area contributed by atoms with Gasteiger partial charge in [0.2, 0.25) is 0 Å². The fourth-order valence-electron chi connectivity index (χ4n) is 2.46. The van der Waals surface area contributed by atoms with E-state index in [1.165, 1.54) is 11.3 Å². The molecule has 0 spiro atoms. The van der Waals surface area contributed by atoms with Crippen LogP contribution in [0.3, 0.4) is 0 Å². The number of nitrogens with zero attached hydrogens (tertiary/aromatic N) is 1. The lowest BCUT2D eigenvalue weighted by Gasteiger charge is -2.41. The predicted molar refractivity (Wildman–Crippen MR) is 58.6 cm³/mol. The number of hydrogen-bond acceptors (Lipinski definition) is 4. The molecule has 16 heavy (non-hydrogen) atoms. The molecule has 2 aliphatic carbocycles. The number of carboxylic acids is 1. The first kappa shape index (κ1) is 10.2. The van der Waals surface area contributed by atoms with E-state index >= 15 is 0 Å². The van der Waals surface area contributed by atoms with E-state index in [0.717, 1.165) is 23.4 Å². The summed E-state index contributed by atoms with van der Waals surface area (Å²) in [5.74, 6) is -0.348. The van der Waals surface area contributed by atoms with E-state index in [1.54, 1.807) is 5.51 Å². The number of rotatable bonds is 3. The maximum Gasteiger partial charge on any atom is 0.315 e. The maximum atomic E-state index is 11.4. The summed E-state index contributed by atoms with van der Waals surface area (Å²) in [5, 5.41) is 18.8. The molecule has 0 amide bonds. The number of carboxylic acid groups (broad SMARTS) is 1. The molecule has 0 saturated heterocycles. The fraction of sp³-hybridized carbons (Fsp3) is 0.636. The van der Waals surface area contributed by atoms with Crippen molar-refractivity contribution in [3.8, 4) is 0 Å². The van der Waals surface area contributed by atoms with Crippen LogP contribution in [0, 0.1) is 0 Å². The van der Waals surface area contributed by atoms with Crippen LogP contribution in [0.1, 0.15) is 42.2 Å². The molecule has 0 bridgehead atoms. The smallest absolute Gasteiger partial charge is 0.315 e. The van der Waals surface area contributed by atoms with Gasteiger partial charge in [-0.1, -0.05) is 0 Å². The number of aliphatic carboxylic acids is 1. The summed E-state index contributed by atoms with van der Waals surface area (Å²) in [6, 6.07) is 0. The van der Waals surface area contributed by atoms with Crippen LogP contribution in [0.2, 0.25) is 0 Å². The lowest BCUT2D eigenvalue weighted by Crippen LogP contribution is -2.50. The molecule has 0 unspecified atom stereocenters. The van der Waals surface area contributed by atoms with Crippen LogP contribution in [0.4, 0.5) is 0 Å². The van der Waals surface area contributed by atoms with Crippen molar-refractivity contribution >= 4 is 17.3 Å². The zero-order valence-electron chi connectivity index (χ0n) is 8.72. The Kier molecular flexibility index (Phi) is 2.09. The van der Waals surface area contributed by atoms with Crippen molar-refractivity contribution in [1.82, 2.24) is 4.98 Å². The van der Waals surface area contributed by atoms with Crippen LogP contribution in [0.5, 0.6) is 0 Å². The number of aromatic nitrogens is 1. The van der Waals surface area contributed by atoms with Crippen molar-refractivity contribution in [2.75, 3.05) is 0 Å². The van der Waals surface area contributed by atoms with E-state index in [0.29, 0.717) is 18.8 Å². The number of carbonyl (C=O) groups is 1. The largest absolute Gasteiger partial charge is 0.481 e. The van der Waals surface area contributed by atoms with E-state index in [2.05, 4.69) is 4.98 Å². The summed E-state index contributed by atoms with van der Waals surface area (Å²) in [6.07, 6.45) is 2.45. The minimum Gasteiger partial charge on any atom is -0.481 e. The van der Waals surface area contributed by atoms with Crippen LogP contribution in [-0.4, -0.2) is 27.3 Å². The maximum absolute atomic E-state index is 11.4. The Morgan fingerprint density at radius 1 is 1.50 bits per heavy atom. The third-order valence-corrected chi connectivity index (χ3v) is 4.62. The molecule has 2 fully saturated rings. The van der Waals surface area contributed by atoms with Crippen molar-refractivity contribution in [3.05, 3.63) is 16.1 Å². The molecule has 0 aliphatic heterocycles. The summed E-state index contributed by atoms with van der Waals surface area (Å²) >= 11 is 1.43. The Hall–Kier alpha value is -0.940. The molecule has 2 N–H and O–H groups in total. The Morgan fingerprint density at radius 3 is 2.69 bits per heavy atom. The first-order chi connectivity index (χ1) is 7.63. The topological polar surface area (TPSA) is 70.4 Å². The Labute approximate surface area is 96.9 Å². The van der Waals surface area contributed by atoms with Gasteiger partial charge in [-0.3, -0.25) is 4.79 Å².